The van der Waals surface area contributed by atoms with Crippen LogP contribution in [-0.2, 0) is 22.6 Å². The Morgan fingerprint density at radius 3 is 2.32 bits per heavy atom. The lowest BCUT2D eigenvalue weighted by molar-refractivity contribution is -0.139. The third kappa shape index (κ3) is 6.28. The van der Waals surface area contributed by atoms with E-state index < -0.39 is 0 Å². The van der Waals surface area contributed by atoms with Crippen molar-refractivity contribution < 1.29 is 28.1 Å². The van der Waals surface area contributed by atoms with E-state index in [1.54, 1.807) is 12.1 Å². The van der Waals surface area contributed by atoms with E-state index >= 15 is 0 Å². The summed E-state index contributed by atoms with van der Waals surface area (Å²) in [5, 5.41) is 0.941. The summed E-state index contributed by atoms with van der Waals surface area (Å²) in [5.41, 5.74) is 2.70. The molecule has 3 aromatic carbocycles. The van der Waals surface area contributed by atoms with E-state index in [1.165, 1.54) is 19.2 Å². The Labute approximate surface area is 197 Å². The highest BCUT2D eigenvalue weighted by molar-refractivity contribution is 5.88. The molecule has 1 heterocycles. The van der Waals surface area contributed by atoms with Crippen LogP contribution in [0.3, 0.4) is 0 Å². The summed E-state index contributed by atoms with van der Waals surface area (Å²) in [4.78, 5) is 14.8. The number of carbonyl (C=O) groups excluding carboxylic acids is 1. The van der Waals surface area contributed by atoms with Crippen LogP contribution in [-0.4, -0.2) is 31.3 Å². The third-order valence-electron chi connectivity index (χ3n) is 5.25. The number of halogens is 1. The minimum atomic E-state index is -0.283. The molecule has 0 unspecified atom stereocenters. The van der Waals surface area contributed by atoms with Gasteiger partial charge in [-0.15, -0.1) is 0 Å². The summed E-state index contributed by atoms with van der Waals surface area (Å²) in [6, 6.07) is 19.4. The van der Waals surface area contributed by atoms with Gasteiger partial charge >= 0.3 is 5.97 Å². The van der Waals surface area contributed by atoms with E-state index in [-0.39, 0.29) is 18.2 Å². The first-order valence-electron chi connectivity index (χ1n) is 11.0. The first-order chi connectivity index (χ1) is 16.6. The second-order valence-electron chi connectivity index (χ2n) is 7.71. The Kier molecular flexibility index (Phi) is 7.65. The van der Waals surface area contributed by atoms with Gasteiger partial charge in [-0.3, -0.25) is 4.79 Å². The number of H-pyrrole nitrogens is 1. The summed E-state index contributed by atoms with van der Waals surface area (Å²) in [7, 11) is 1.38. The summed E-state index contributed by atoms with van der Waals surface area (Å²) in [5.74, 6) is 1.57. The molecule has 4 rings (SSSR count). The number of benzene rings is 3. The maximum atomic E-state index is 13.0. The Morgan fingerprint density at radius 1 is 0.882 bits per heavy atom. The van der Waals surface area contributed by atoms with Crippen molar-refractivity contribution in [2.24, 2.45) is 0 Å². The van der Waals surface area contributed by atoms with Gasteiger partial charge in [-0.1, -0.05) is 18.2 Å². The molecule has 0 aliphatic rings. The Morgan fingerprint density at radius 2 is 1.59 bits per heavy atom. The zero-order valence-electron chi connectivity index (χ0n) is 18.9. The SMILES string of the molecule is COC(=O)Cc1c[nH]c2ccc(OCCCOc3cccc(OCc4ccc(F)cc4)c3)cc12. The van der Waals surface area contributed by atoms with Gasteiger partial charge in [0.1, 0.15) is 29.7 Å². The first-order valence-corrected chi connectivity index (χ1v) is 11.0. The van der Waals surface area contributed by atoms with Gasteiger partial charge < -0.3 is 23.9 Å². The third-order valence-corrected chi connectivity index (χ3v) is 5.25. The normalized spacial score (nSPS) is 10.8. The van der Waals surface area contributed by atoms with Crippen LogP contribution < -0.4 is 14.2 Å². The van der Waals surface area contributed by atoms with Crippen LogP contribution in [0.25, 0.3) is 10.9 Å². The van der Waals surface area contributed by atoms with Gasteiger partial charge in [-0.05, 0) is 53.6 Å². The molecule has 0 bridgehead atoms. The van der Waals surface area contributed by atoms with Crippen molar-refractivity contribution in [3.8, 4) is 17.2 Å². The van der Waals surface area contributed by atoms with Crippen molar-refractivity contribution in [1.29, 1.82) is 0 Å². The van der Waals surface area contributed by atoms with E-state index in [1.807, 2.05) is 48.7 Å². The number of fused-ring (bicyclic) bond motifs is 1. The highest BCUT2D eigenvalue weighted by Gasteiger charge is 2.10. The number of hydrogen-bond donors (Lipinski definition) is 1. The lowest BCUT2D eigenvalue weighted by Crippen LogP contribution is -2.05. The molecule has 0 aliphatic carbocycles. The van der Waals surface area contributed by atoms with Gasteiger partial charge in [0.05, 0.1) is 26.7 Å². The lowest BCUT2D eigenvalue weighted by Gasteiger charge is -2.10. The van der Waals surface area contributed by atoms with Gasteiger partial charge in [0.15, 0.2) is 0 Å². The second-order valence-corrected chi connectivity index (χ2v) is 7.71. The molecule has 34 heavy (non-hydrogen) atoms. The number of esters is 1. The first kappa shape index (κ1) is 23.2. The molecule has 0 radical (unpaired) electrons. The van der Waals surface area contributed by atoms with Gasteiger partial charge in [0, 0.05) is 29.6 Å². The van der Waals surface area contributed by atoms with Crippen LogP contribution in [0.1, 0.15) is 17.5 Å². The minimum absolute atomic E-state index is 0.209. The predicted molar refractivity (Wildman–Crippen MR) is 127 cm³/mol. The van der Waals surface area contributed by atoms with Crippen molar-refractivity contribution in [3.05, 3.63) is 89.9 Å². The van der Waals surface area contributed by atoms with Crippen LogP contribution in [0.4, 0.5) is 4.39 Å². The Hall–Kier alpha value is -4.00. The smallest absolute Gasteiger partial charge is 0.310 e. The molecule has 1 N–H and O–H groups in total. The molecule has 0 atom stereocenters. The standard InChI is InChI=1S/C27H26FNO5/c1-31-27(30)14-20-17-29-26-11-10-24(16-25(20)26)33-13-3-12-32-22-4-2-5-23(15-22)34-18-19-6-8-21(28)9-7-19/h2,4-11,15-17,29H,3,12-14,18H2,1H3. The molecule has 176 valence electrons. The summed E-state index contributed by atoms with van der Waals surface area (Å²) in [6.45, 7) is 1.33. The average Bonchev–Trinajstić information content (AvgIpc) is 3.25. The number of hydrogen-bond acceptors (Lipinski definition) is 5. The van der Waals surface area contributed by atoms with Gasteiger partial charge in [0.2, 0.25) is 0 Å². The van der Waals surface area contributed by atoms with Gasteiger partial charge in [-0.25, -0.2) is 4.39 Å². The molecule has 0 saturated heterocycles. The van der Waals surface area contributed by atoms with Crippen molar-refractivity contribution in [3.63, 3.8) is 0 Å². The molecule has 1 aromatic heterocycles. The van der Waals surface area contributed by atoms with Crippen molar-refractivity contribution in [1.82, 2.24) is 4.98 Å². The van der Waals surface area contributed by atoms with Crippen LogP contribution in [0.5, 0.6) is 17.2 Å². The number of ether oxygens (including phenoxy) is 4. The molecule has 7 heteroatoms. The summed E-state index contributed by atoms with van der Waals surface area (Å²) in [6.07, 6.45) is 2.72. The number of rotatable bonds is 11. The summed E-state index contributed by atoms with van der Waals surface area (Å²) >= 11 is 0. The number of aromatic nitrogens is 1. The van der Waals surface area contributed by atoms with Crippen LogP contribution in [0, 0.1) is 5.82 Å². The number of carbonyl (C=O) groups is 1. The average molecular weight is 464 g/mol. The fourth-order valence-electron chi connectivity index (χ4n) is 3.46. The fraction of sp³-hybridized carbons (Fsp3) is 0.222. The molecule has 0 fully saturated rings. The summed E-state index contributed by atoms with van der Waals surface area (Å²) < 4.78 is 35.2. The van der Waals surface area contributed by atoms with Crippen LogP contribution >= 0.6 is 0 Å². The molecule has 0 spiro atoms. The fourth-order valence-corrected chi connectivity index (χ4v) is 3.46. The van der Waals surface area contributed by atoms with E-state index in [4.69, 9.17) is 18.9 Å². The zero-order chi connectivity index (χ0) is 23.8. The number of aromatic amines is 1. The Balaban J connectivity index is 1.22. The van der Waals surface area contributed by atoms with E-state index in [0.717, 1.165) is 27.8 Å². The highest BCUT2D eigenvalue weighted by Crippen LogP contribution is 2.25. The van der Waals surface area contributed by atoms with Crippen molar-refractivity contribution in [2.45, 2.75) is 19.4 Å². The van der Waals surface area contributed by atoms with E-state index in [2.05, 4.69) is 4.98 Å². The topological polar surface area (TPSA) is 69.8 Å². The van der Waals surface area contributed by atoms with Crippen molar-refractivity contribution >= 4 is 16.9 Å². The maximum absolute atomic E-state index is 13.0. The van der Waals surface area contributed by atoms with Gasteiger partial charge in [0.25, 0.3) is 0 Å². The van der Waals surface area contributed by atoms with Gasteiger partial charge in [-0.2, -0.15) is 0 Å². The molecule has 0 aliphatic heterocycles. The molecule has 4 aromatic rings. The lowest BCUT2D eigenvalue weighted by atomic mass is 10.1. The maximum Gasteiger partial charge on any atom is 0.310 e. The minimum Gasteiger partial charge on any atom is -0.493 e. The quantitative estimate of drug-likeness (QED) is 0.237. The second kappa shape index (κ2) is 11.2. The monoisotopic (exact) mass is 463 g/mol. The van der Waals surface area contributed by atoms with Crippen molar-refractivity contribution in [2.75, 3.05) is 20.3 Å². The molecule has 0 amide bonds. The molecule has 6 nitrogen and oxygen atoms in total. The molecule has 0 saturated carbocycles. The van der Waals surface area contributed by atoms with E-state index in [0.29, 0.717) is 37.7 Å². The van der Waals surface area contributed by atoms with Crippen LogP contribution in [0.15, 0.2) is 72.9 Å². The van der Waals surface area contributed by atoms with E-state index in [9.17, 15) is 9.18 Å². The zero-order valence-corrected chi connectivity index (χ0v) is 18.9. The molecular weight excluding hydrogens is 437 g/mol. The highest BCUT2D eigenvalue weighted by atomic mass is 19.1. The number of methoxy groups -OCH3 is 1. The predicted octanol–water partition coefficient (Wildman–Crippen LogP) is 5.45. The van der Waals surface area contributed by atoms with Crippen LogP contribution in [0.2, 0.25) is 0 Å². The number of nitrogens with one attached hydrogen (secondary N) is 1. The Bertz CT molecular complexity index is 1240. The largest absolute Gasteiger partial charge is 0.493 e. The molecular formula is C27H26FNO5.